The summed E-state index contributed by atoms with van der Waals surface area (Å²) in [4.78, 5) is 16.3. The minimum Gasteiger partial charge on any atom is -0.496 e. The summed E-state index contributed by atoms with van der Waals surface area (Å²) in [5.74, 6) is 0.211. The highest BCUT2D eigenvalue weighted by Crippen LogP contribution is 2.27. The van der Waals surface area contributed by atoms with Crippen LogP contribution in [0.4, 0.5) is 0 Å². The molecule has 0 bridgehead atoms. The van der Waals surface area contributed by atoms with Gasteiger partial charge in [-0.3, -0.25) is 0 Å². The summed E-state index contributed by atoms with van der Waals surface area (Å²) in [6.07, 6.45) is 1.60. The quantitative estimate of drug-likeness (QED) is 0.612. The highest BCUT2D eigenvalue weighted by atomic mass is 35.5. The lowest BCUT2D eigenvalue weighted by Gasteiger charge is -2.03. The van der Waals surface area contributed by atoms with Gasteiger partial charge in [0.05, 0.1) is 17.7 Å². The molecule has 23 heavy (non-hydrogen) atoms. The number of hydrogen-bond acceptors (Lipinski definition) is 4. The predicted molar refractivity (Wildman–Crippen MR) is 90.1 cm³/mol. The molecule has 6 heteroatoms. The zero-order chi connectivity index (χ0) is 16.4. The Labute approximate surface area is 143 Å². The summed E-state index contributed by atoms with van der Waals surface area (Å²) in [7, 11) is 1.56. The molecular formula is C17H11Cl2NO3. The molecule has 0 aromatic heterocycles. The maximum absolute atomic E-state index is 12.0. The third-order valence-electron chi connectivity index (χ3n) is 3.21. The van der Waals surface area contributed by atoms with Crippen molar-refractivity contribution in [3.05, 3.63) is 69.3 Å². The van der Waals surface area contributed by atoms with Gasteiger partial charge in [-0.2, -0.15) is 0 Å². The van der Waals surface area contributed by atoms with Crippen LogP contribution in [0, 0.1) is 0 Å². The monoisotopic (exact) mass is 347 g/mol. The minimum absolute atomic E-state index is 0.128. The Morgan fingerprint density at radius 3 is 2.74 bits per heavy atom. The molecule has 0 atom stereocenters. The number of rotatable bonds is 3. The van der Waals surface area contributed by atoms with Gasteiger partial charge in [0, 0.05) is 10.6 Å². The largest absolute Gasteiger partial charge is 0.496 e. The van der Waals surface area contributed by atoms with Crippen LogP contribution in [0.3, 0.4) is 0 Å². The molecule has 0 spiro atoms. The number of hydrogen-bond donors (Lipinski definition) is 0. The number of benzene rings is 2. The first-order valence-corrected chi connectivity index (χ1v) is 7.45. The second kappa shape index (κ2) is 6.44. The lowest BCUT2D eigenvalue weighted by Crippen LogP contribution is -2.06. The molecule has 3 rings (SSSR count). The average Bonchev–Trinajstić information content (AvgIpc) is 2.91. The van der Waals surface area contributed by atoms with E-state index in [0.29, 0.717) is 21.4 Å². The van der Waals surface area contributed by atoms with E-state index in [1.54, 1.807) is 37.5 Å². The summed E-state index contributed by atoms with van der Waals surface area (Å²) in [5.41, 5.74) is 1.36. The number of nitrogens with zero attached hydrogens (tertiary/aromatic N) is 1. The Kier molecular flexibility index (Phi) is 4.37. The number of cyclic esters (lactones) is 1. The molecule has 0 saturated carbocycles. The van der Waals surface area contributed by atoms with Crippen LogP contribution in [0.15, 0.2) is 53.2 Å². The highest BCUT2D eigenvalue weighted by Gasteiger charge is 2.26. The summed E-state index contributed by atoms with van der Waals surface area (Å²) in [6.45, 7) is 0. The molecular weight excluding hydrogens is 337 g/mol. The SMILES string of the molecule is COc1ccccc1C=C1N=C(c2cc(Cl)ccc2Cl)OC1=O. The molecule has 0 radical (unpaired) electrons. The van der Waals surface area contributed by atoms with Crippen molar-refractivity contribution < 1.29 is 14.3 Å². The fourth-order valence-electron chi connectivity index (χ4n) is 2.12. The van der Waals surface area contributed by atoms with Crippen molar-refractivity contribution in [2.45, 2.75) is 0 Å². The van der Waals surface area contributed by atoms with Gasteiger partial charge in [0.15, 0.2) is 5.70 Å². The Hall–Kier alpha value is -2.30. The second-order valence-electron chi connectivity index (χ2n) is 4.70. The van der Waals surface area contributed by atoms with Crippen LogP contribution in [0.5, 0.6) is 5.75 Å². The standard InChI is InChI=1S/C17H11Cl2NO3/c1-22-15-5-3-2-4-10(15)8-14-17(21)23-16(20-14)12-9-11(18)6-7-13(12)19/h2-9H,1H3. The lowest BCUT2D eigenvalue weighted by atomic mass is 10.1. The van der Waals surface area contributed by atoms with Crippen molar-refractivity contribution in [1.82, 2.24) is 0 Å². The van der Waals surface area contributed by atoms with Crippen molar-refractivity contribution in [3.63, 3.8) is 0 Å². The van der Waals surface area contributed by atoms with Crippen LogP contribution in [0.25, 0.3) is 6.08 Å². The van der Waals surface area contributed by atoms with Gasteiger partial charge in [0.1, 0.15) is 5.75 Å². The normalized spacial score (nSPS) is 15.5. The molecule has 0 fully saturated rings. The summed E-state index contributed by atoms with van der Waals surface area (Å²) in [6, 6.07) is 12.2. The van der Waals surface area contributed by atoms with E-state index < -0.39 is 5.97 Å². The van der Waals surface area contributed by atoms with Gasteiger partial charge >= 0.3 is 5.97 Å². The van der Waals surface area contributed by atoms with Crippen LogP contribution in [0.1, 0.15) is 11.1 Å². The van der Waals surface area contributed by atoms with E-state index in [4.69, 9.17) is 32.7 Å². The van der Waals surface area contributed by atoms with Crippen LogP contribution in [-0.4, -0.2) is 19.0 Å². The van der Waals surface area contributed by atoms with Crippen molar-refractivity contribution >= 4 is 41.1 Å². The number of aliphatic imine (C=N–C) groups is 1. The first-order chi connectivity index (χ1) is 11.1. The van der Waals surface area contributed by atoms with Crippen molar-refractivity contribution in [1.29, 1.82) is 0 Å². The number of methoxy groups -OCH3 is 1. The molecule has 2 aromatic carbocycles. The first-order valence-electron chi connectivity index (χ1n) is 6.69. The maximum Gasteiger partial charge on any atom is 0.363 e. The number of carbonyl (C=O) groups is 1. The van der Waals surface area contributed by atoms with Gasteiger partial charge < -0.3 is 9.47 Å². The lowest BCUT2D eigenvalue weighted by molar-refractivity contribution is -0.129. The van der Waals surface area contributed by atoms with Gasteiger partial charge in [0.25, 0.3) is 0 Å². The number of para-hydroxylation sites is 1. The van der Waals surface area contributed by atoms with Crippen LogP contribution in [-0.2, 0) is 9.53 Å². The van der Waals surface area contributed by atoms with Gasteiger partial charge in [-0.15, -0.1) is 0 Å². The maximum atomic E-state index is 12.0. The Morgan fingerprint density at radius 2 is 1.96 bits per heavy atom. The molecule has 0 amide bonds. The van der Waals surface area contributed by atoms with E-state index in [9.17, 15) is 4.79 Å². The van der Waals surface area contributed by atoms with E-state index in [1.165, 1.54) is 0 Å². The fourth-order valence-corrected chi connectivity index (χ4v) is 2.49. The first kappa shape index (κ1) is 15.6. The van der Waals surface area contributed by atoms with Crippen molar-refractivity contribution in [3.8, 4) is 5.75 Å². The van der Waals surface area contributed by atoms with Crippen molar-refractivity contribution in [2.24, 2.45) is 4.99 Å². The fraction of sp³-hybridized carbons (Fsp3) is 0.0588. The third-order valence-corrected chi connectivity index (χ3v) is 3.78. The minimum atomic E-state index is -0.554. The van der Waals surface area contributed by atoms with Crippen molar-refractivity contribution in [2.75, 3.05) is 7.11 Å². The molecule has 116 valence electrons. The molecule has 0 N–H and O–H groups in total. The van der Waals surface area contributed by atoms with Gasteiger partial charge in [-0.25, -0.2) is 9.79 Å². The summed E-state index contributed by atoms with van der Waals surface area (Å²) < 4.78 is 10.5. The van der Waals surface area contributed by atoms with Gasteiger partial charge in [-0.1, -0.05) is 41.4 Å². The number of esters is 1. The van der Waals surface area contributed by atoms with Gasteiger partial charge in [0.2, 0.25) is 5.90 Å². The molecule has 0 aliphatic carbocycles. The number of halogens is 2. The molecule has 1 heterocycles. The number of ether oxygens (including phenoxy) is 2. The van der Waals surface area contributed by atoms with E-state index in [1.807, 2.05) is 18.2 Å². The summed E-state index contributed by atoms with van der Waals surface area (Å²) in [5, 5.41) is 0.879. The molecule has 2 aromatic rings. The van der Waals surface area contributed by atoms with Gasteiger partial charge in [-0.05, 0) is 30.3 Å². The third kappa shape index (κ3) is 3.23. The van der Waals surface area contributed by atoms with E-state index in [-0.39, 0.29) is 11.6 Å². The zero-order valence-corrected chi connectivity index (χ0v) is 13.6. The predicted octanol–water partition coefficient (Wildman–Crippen LogP) is 4.35. The molecule has 1 aliphatic heterocycles. The topological polar surface area (TPSA) is 47.9 Å². The van der Waals surface area contributed by atoms with E-state index in [0.717, 1.165) is 5.56 Å². The zero-order valence-electron chi connectivity index (χ0n) is 12.0. The molecule has 1 aliphatic rings. The second-order valence-corrected chi connectivity index (χ2v) is 5.55. The smallest absolute Gasteiger partial charge is 0.363 e. The molecule has 4 nitrogen and oxygen atoms in total. The van der Waals surface area contributed by atoms with Crippen LogP contribution >= 0.6 is 23.2 Å². The van der Waals surface area contributed by atoms with Crippen LogP contribution < -0.4 is 4.74 Å². The van der Waals surface area contributed by atoms with E-state index >= 15 is 0 Å². The van der Waals surface area contributed by atoms with E-state index in [2.05, 4.69) is 4.99 Å². The average molecular weight is 348 g/mol. The highest BCUT2D eigenvalue weighted by molar-refractivity contribution is 6.36. The summed E-state index contributed by atoms with van der Waals surface area (Å²) >= 11 is 12.1. The Morgan fingerprint density at radius 1 is 1.17 bits per heavy atom. The number of carbonyl (C=O) groups excluding carboxylic acids is 1. The van der Waals surface area contributed by atoms with Crippen LogP contribution in [0.2, 0.25) is 10.0 Å². The molecule has 0 unspecified atom stereocenters. The Bertz CT molecular complexity index is 843. The Balaban J connectivity index is 2.01. The molecule has 0 saturated heterocycles.